The van der Waals surface area contributed by atoms with Crippen molar-refractivity contribution in [3.8, 4) is 17.4 Å². The van der Waals surface area contributed by atoms with Crippen LogP contribution in [-0.2, 0) is 11.3 Å². The van der Waals surface area contributed by atoms with Crippen molar-refractivity contribution in [2.75, 3.05) is 17.7 Å². The van der Waals surface area contributed by atoms with Gasteiger partial charge in [0, 0.05) is 36.2 Å². The molecule has 3 N–H and O–H groups in total. The first kappa shape index (κ1) is 25.9. The minimum absolute atomic E-state index is 0.0407. The zero-order valence-electron chi connectivity index (χ0n) is 21.0. The maximum Gasteiger partial charge on any atom is 0.258 e. The van der Waals surface area contributed by atoms with Gasteiger partial charge in [-0.15, -0.1) is 0 Å². The molecule has 2 amide bonds. The minimum atomic E-state index is -0.398. The van der Waals surface area contributed by atoms with E-state index in [2.05, 4.69) is 32.5 Å². The molecule has 9 nitrogen and oxygen atoms in total. The number of aromatic nitrogens is 2. The summed E-state index contributed by atoms with van der Waals surface area (Å²) in [6.45, 7) is 5.78. The second-order valence-electron chi connectivity index (χ2n) is 8.26. The molecule has 0 spiro atoms. The zero-order valence-corrected chi connectivity index (χ0v) is 21.0. The third kappa shape index (κ3) is 6.94. The maximum absolute atomic E-state index is 13.1. The molecule has 38 heavy (non-hydrogen) atoms. The van der Waals surface area contributed by atoms with Gasteiger partial charge >= 0.3 is 0 Å². The van der Waals surface area contributed by atoms with Crippen LogP contribution in [0.5, 0.6) is 17.4 Å². The second-order valence-corrected chi connectivity index (χ2v) is 8.26. The first-order valence-electron chi connectivity index (χ1n) is 11.8. The molecule has 0 aliphatic rings. The van der Waals surface area contributed by atoms with Gasteiger partial charge in [-0.3, -0.25) is 9.59 Å². The Balaban J connectivity index is 1.61. The van der Waals surface area contributed by atoms with Gasteiger partial charge in [0.05, 0.1) is 7.11 Å². The molecule has 9 heteroatoms. The van der Waals surface area contributed by atoms with Crippen molar-refractivity contribution >= 4 is 29.1 Å². The Morgan fingerprint density at radius 2 is 1.68 bits per heavy atom. The quantitative estimate of drug-likeness (QED) is 0.246. The zero-order chi connectivity index (χ0) is 26.9. The Labute approximate surface area is 220 Å². The number of carbonyl (C=O) groups is 2. The number of aryl methyl sites for hydroxylation is 1. The lowest BCUT2D eigenvalue weighted by atomic mass is 10.1. The number of amides is 2. The van der Waals surface area contributed by atoms with E-state index in [1.54, 1.807) is 37.4 Å². The van der Waals surface area contributed by atoms with Crippen molar-refractivity contribution in [3.05, 3.63) is 108 Å². The molecule has 1 heterocycles. The van der Waals surface area contributed by atoms with Crippen molar-refractivity contribution in [1.29, 1.82) is 0 Å². The van der Waals surface area contributed by atoms with E-state index >= 15 is 0 Å². The van der Waals surface area contributed by atoms with Crippen LogP contribution in [0.15, 0.2) is 91.6 Å². The number of benzene rings is 3. The van der Waals surface area contributed by atoms with E-state index in [0.29, 0.717) is 29.4 Å². The van der Waals surface area contributed by atoms with Gasteiger partial charge in [-0.2, -0.15) is 4.98 Å². The number of anilines is 3. The fraction of sp³-hybridized carbons (Fsp3) is 0.103. The molecule has 4 aromatic rings. The van der Waals surface area contributed by atoms with Gasteiger partial charge in [-0.25, -0.2) is 4.98 Å². The molecule has 0 fully saturated rings. The molecule has 3 aromatic carbocycles. The fourth-order valence-electron chi connectivity index (χ4n) is 3.42. The Morgan fingerprint density at radius 1 is 0.974 bits per heavy atom. The molecule has 0 unspecified atom stereocenters. The van der Waals surface area contributed by atoms with Crippen LogP contribution in [0.25, 0.3) is 0 Å². The molecule has 0 bridgehead atoms. The molecular formula is C29H27N5O4. The van der Waals surface area contributed by atoms with Crippen LogP contribution in [0.4, 0.5) is 17.3 Å². The molecule has 0 saturated heterocycles. The highest BCUT2D eigenvalue weighted by molar-refractivity contribution is 5.99. The number of nitrogens with one attached hydrogen (secondary N) is 3. The molecule has 0 aliphatic carbocycles. The van der Waals surface area contributed by atoms with Crippen molar-refractivity contribution in [2.24, 2.45) is 0 Å². The third-order valence-corrected chi connectivity index (χ3v) is 5.40. The van der Waals surface area contributed by atoms with Crippen LogP contribution in [0.2, 0.25) is 0 Å². The average Bonchev–Trinajstić information content (AvgIpc) is 2.93. The van der Waals surface area contributed by atoms with E-state index in [4.69, 9.17) is 9.47 Å². The number of ether oxygens (including phenoxy) is 2. The molecule has 1 aromatic heterocycles. The van der Waals surface area contributed by atoms with Gasteiger partial charge in [0.2, 0.25) is 17.7 Å². The molecule has 0 radical (unpaired) electrons. The summed E-state index contributed by atoms with van der Waals surface area (Å²) in [5.74, 6) is 0.538. The highest BCUT2D eigenvalue weighted by atomic mass is 16.5. The SMILES string of the molecule is C=CC(=O)Nc1cccc(Oc2nc(Nc3cccc(OC)c3)ncc2C(=O)NCc2ccc(C)cc2)c1. The first-order valence-corrected chi connectivity index (χ1v) is 11.8. The summed E-state index contributed by atoms with van der Waals surface area (Å²) in [5, 5.41) is 8.66. The number of hydrogen-bond acceptors (Lipinski definition) is 7. The number of methoxy groups -OCH3 is 1. The fourth-order valence-corrected chi connectivity index (χ4v) is 3.42. The highest BCUT2D eigenvalue weighted by Gasteiger charge is 2.18. The van der Waals surface area contributed by atoms with E-state index in [0.717, 1.165) is 11.1 Å². The summed E-state index contributed by atoms with van der Waals surface area (Å²) in [6, 6.07) is 21.9. The van der Waals surface area contributed by atoms with Crippen LogP contribution >= 0.6 is 0 Å². The number of rotatable bonds is 10. The van der Waals surface area contributed by atoms with Crippen LogP contribution in [-0.4, -0.2) is 28.9 Å². The topological polar surface area (TPSA) is 114 Å². The predicted molar refractivity (Wildman–Crippen MR) is 146 cm³/mol. The molecule has 0 atom stereocenters. The highest BCUT2D eigenvalue weighted by Crippen LogP contribution is 2.28. The van der Waals surface area contributed by atoms with Gasteiger partial charge in [0.25, 0.3) is 5.91 Å². The van der Waals surface area contributed by atoms with E-state index < -0.39 is 5.91 Å². The molecular weight excluding hydrogens is 482 g/mol. The van der Waals surface area contributed by atoms with Gasteiger partial charge in [-0.05, 0) is 42.8 Å². The van der Waals surface area contributed by atoms with Gasteiger partial charge in [-0.1, -0.05) is 48.5 Å². The molecule has 4 rings (SSSR count). The molecule has 0 aliphatic heterocycles. The second kappa shape index (κ2) is 12.2. The van der Waals surface area contributed by atoms with Crippen molar-refractivity contribution in [2.45, 2.75) is 13.5 Å². The summed E-state index contributed by atoms with van der Waals surface area (Å²) in [5.41, 5.74) is 3.43. The number of nitrogens with zero attached hydrogens (tertiary/aromatic N) is 2. The lowest BCUT2D eigenvalue weighted by Crippen LogP contribution is -2.24. The summed E-state index contributed by atoms with van der Waals surface area (Å²) in [7, 11) is 1.58. The van der Waals surface area contributed by atoms with Crippen LogP contribution in [0, 0.1) is 6.92 Å². The normalized spacial score (nSPS) is 10.3. The summed E-state index contributed by atoms with van der Waals surface area (Å²) in [4.78, 5) is 33.6. The van der Waals surface area contributed by atoms with E-state index in [1.807, 2.05) is 49.4 Å². The first-order chi connectivity index (χ1) is 18.4. The summed E-state index contributed by atoms with van der Waals surface area (Å²) < 4.78 is 11.3. The Bertz CT molecular complexity index is 1450. The van der Waals surface area contributed by atoms with Gasteiger partial charge in [0.15, 0.2) is 0 Å². The van der Waals surface area contributed by atoms with Crippen LogP contribution < -0.4 is 25.4 Å². The number of hydrogen-bond donors (Lipinski definition) is 3. The van der Waals surface area contributed by atoms with Gasteiger partial charge in [0.1, 0.15) is 17.1 Å². The summed E-state index contributed by atoms with van der Waals surface area (Å²) in [6.07, 6.45) is 2.57. The smallest absolute Gasteiger partial charge is 0.258 e. The molecule has 0 saturated carbocycles. The Kier molecular flexibility index (Phi) is 8.30. The van der Waals surface area contributed by atoms with Crippen molar-refractivity contribution in [1.82, 2.24) is 15.3 Å². The standard InChI is InChI=1S/C29H27N5O4/c1-4-26(35)32-21-7-6-10-24(16-21)38-28-25(27(36)30-17-20-13-11-19(2)12-14-20)18-31-29(34-28)33-22-8-5-9-23(15-22)37-3/h4-16,18H,1,17H2,2-3H3,(H,30,36)(H,32,35)(H,31,33,34). The Morgan fingerprint density at radius 3 is 2.42 bits per heavy atom. The maximum atomic E-state index is 13.1. The van der Waals surface area contributed by atoms with Crippen LogP contribution in [0.1, 0.15) is 21.5 Å². The van der Waals surface area contributed by atoms with E-state index in [9.17, 15) is 9.59 Å². The van der Waals surface area contributed by atoms with Crippen LogP contribution in [0.3, 0.4) is 0 Å². The monoisotopic (exact) mass is 509 g/mol. The Hall–Kier alpha value is -5.18. The van der Waals surface area contributed by atoms with Gasteiger partial charge < -0.3 is 25.4 Å². The van der Waals surface area contributed by atoms with E-state index in [1.165, 1.54) is 12.3 Å². The lowest BCUT2D eigenvalue weighted by molar-refractivity contribution is -0.111. The molecule has 192 valence electrons. The van der Waals surface area contributed by atoms with Crippen molar-refractivity contribution in [3.63, 3.8) is 0 Å². The average molecular weight is 510 g/mol. The van der Waals surface area contributed by atoms with E-state index in [-0.39, 0.29) is 23.3 Å². The third-order valence-electron chi connectivity index (χ3n) is 5.40. The lowest BCUT2D eigenvalue weighted by Gasteiger charge is -2.13. The van der Waals surface area contributed by atoms with Crippen molar-refractivity contribution < 1.29 is 19.1 Å². The number of carbonyl (C=O) groups excluding carboxylic acids is 2. The largest absolute Gasteiger partial charge is 0.497 e. The predicted octanol–water partition coefficient (Wildman–Crippen LogP) is 5.38. The minimum Gasteiger partial charge on any atom is -0.497 e. The summed E-state index contributed by atoms with van der Waals surface area (Å²) >= 11 is 0.